The Morgan fingerprint density at radius 2 is 2.12 bits per heavy atom. The molecule has 1 aromatic carbocycles. The van der Waals surface area contributed by atoms with Crippen LogP contribution in [0.5, 0.6) is 0 Å². The fraction of sp³-hybridized carbons (Fsp3) is 0.500. The Morgan fingerprint density at radius 1 is 1.25 bits per heavy atom. The molecule has 3 fully saturated rings. The molecule has 1 spiro atoms. The molecule has 3 saturated heterocycles. The Bertz CT molecular complexity index is 827. The average molecular weight is 323 g/mol. The Balaban J connectivity index is 1.35. The van der Waals surface area contributed by atoms with E-state index in [1.165, 1.54) is 31.5 Å². The summed E-state index contributed by atoms with van der Waals surface area (Å²) in [6.07, 6.45) is 4.18. The van der Waals surface area contributed by atoms with Crippen LogP contribution in [0.4, 0.5) is 5.82 Å². The van der Waals surface area contributed by atoms with Crippen molar-refractivity contribution in [3.8, 4) is 0 Å². The number of aromatic nitrogens is 2. The van der Waals surface area contributed by atoms with Crippen LogP contribution in [0.1, 0.15) is 18.4 Å². The van der Waals surface area contributed by atoms with Gasteiger partial charge in [-0.3, -0.25) is 15.2 Å². The van der Waals surface area contributed by atoms with Crippen LogP contribution < -0.4 is 5.32 Å². The Hall–Kier alpha value is -2.21. The van der Waals surface area contributed by atoms with E-state index in [0.29, 0.717) is 17.8 Å². The van der Waals surface area contributed by atoms with Gasteiger partial charge in [0.1, 0.15) is 5.60 Å². The van der Waals surface area contributed by atoms with Crippen molar-refractivity contribution >= 4 is 22.9 Å². The van der Waals surface area contributed by atoms with Crippen molar-refractivity contribution in [2.45, 2.75) is 25.4 Å². The molecule has 4 aliphatic rings. The fourth-order valence-corrected chi connectivity index (χ4v) is 4.24. The van der Waals surface area contributed by atoms with E-state index in [9.17, 15) is 0 Å². The number of anilines is 1. The predicted molar refractivity (Wildman–Crippen MR) is 93.2 cm³/mol. The molecule has 0 aliphatic carbocycles. The molecule has 5 heterocycles. The lowest BCUT2D eigenvalue weighted by atomic mass is 9.75. The summed E-state index contributed by atoms with van der Waals surface area (Å²) in [4.78, 5) is 16.2. The van der Waals surface area contributed by atoms with Gasteiger partial charge >= 0.3 is 0 Å². The standard InChI is InChI=1S/C18H21N5O/c1-12-2-3-14-15(8-12)21-16(9-19-14)22-17-20-10-18(24-17)11-23-6-4-13(18)5-7-23/h2-3,8-9,13H,4-7,10-11H2,1H3,(H,20,21,22). The maximum Gasteiger partial charge on any atom is 0.291 e. The van der Waals surface area contributed by atoms with Gasteiger partial charge in [-0.05, 0) is 50.6 Å². The predicted octanol–water partition coefficient (Wildman–Crippen LogP) is 2.20. The van der Waals surface area contributed by atoms with E-state index in [4.69, 9.17) is 4.74 Å². The highest BCUT2D eigenvalue weighted by Crippen LogP contribution is 2.40. The molecular formula is C18H21N5O. The number of hydrogen-bond acceptors (Lipinski definition) is 6. The molecule has 1 aromatic heterocycles. The second-order valence-electron chi connectivity index (χ2n) is 7.21. The van der Waals surface area contributed by atoms with E-state index in [1.54, 1.807) is 6.20 Å². The highest BCUT2D eigenvalue weighted by atomic mass is 16.5. The first-order valence-electron chi connectivity index (χ1n) is 8.66. The number of hydrogen-bond donors (Lipinski definition) is 1. The van der Waals surface area contributed by atoms with Crippen LogP contribution in [-0.4, -0.2) is 52.7 Å². The van der Waals surface area contributed by atoms with Crippen molar-refractivity contribution in [2.75, 3.05) is 31.5 Å². The van der Waals surface area contributed by atoms with Crippen LogP contribution in [0, 0.1) is 12.8 Å². The van der Waals surface area contributed by atoms with Crippen molar-refractivity contribution in [2.24, 2.45) is 10.9 Å². The van der Waals surface area contributed by atoms with Crippen molar-refractivity contribution in [3.63, 3.8) is 0 Å². The van der Waals surface area contributed by atoms with Gasteiger partial charge in [-0.1, -0.05) is 6.07 Å². The summed E-state index contributed by atoms with van der Waals surface area (Å²) in [6.45, 7) is 6.20. The third-order valence-corrected chi connectivity index (χ3v) is 5.55. The summed E-state index contributed by atoms with van der Waals surface area (Å²) in [7, 11) is 0. The zero-order valence-corrected chi connectivity index (χ0v) is 13.8. The van der Waals surface area contributed by atoms with Crippen LogP contribution in [0.2, 0.25) is 0 Å². The number of nitrogens with one attached hydrogen (secondary N) is 1. The molecule has 2 bridgehead atoms. The fourth-order valence-electron chi connectivity index (χ4n) is 4.24. The van der Waals surface area contributed by atoms with Gasteiger partial charge in [0.15, 0.2) is 5.82 Å². The van der Waals surface area contributed by atoms with Crippen molar-refractivity contribution in [3.05, 3.63) is 30.0 Å². The number of rotatable bonds is 1. The number of aliphatic imine (C=N–C) groups is 1. The number of piperidine rings is 3. The van der Waals surface area contributed by atoms with E-state index < -0.39 is 0 Å². The Labute approximate surface area is 141 Å². The zero-order valence-electron chi connectivity index (χ0n) is 13.8. The van der Waals surface area contributed by atoms with Crippen LogP contribution in [-0.2, 0) is 4.74 Å². The molecule has 1 unspecified atom stereocenters. The van der Waals surface area contributed by atoms with Gasteiger partial charge in [-0.15, -0.1) is 0 Å². The Morgan fingerprint density at radius 3 is 2.92 bits per heavy atom. The minimum absolute atomic E-state index is 0.125. The molecule has 2 aromatic rings. The molecule has 0 amide bonds. The lowest BCUT2D eigenvalue weighted by molar-refractivity contribution is -0.0829. The summed E-state index contributed by atoms with van der Waals surface area (Å²) in [5.41, 5.74) is 2.83. The topological polar surface area (TPSA) is 62.6 Å². The molecule has 124 valence electrons. The first kappa shape index (κ1) is 14.2. The number of nitrogens with zero attached hydrogens (tertiary/aromatic N) is 4. The van der Waals surface area contributed by atoms with E-state index in [2.05, 4.69) is 32.1 Å². The van der Waals surface area contributed by atoms with Crippen LogP contribution in [0.3, 0.4) is 0 Å². The number of aryl methyl sites for hydroxylation is 1. The first-order chi connectivity index (χ1) is 11.7. The SMILES string of the molecule is Cc1ccc2ncc(NC3=NCC4(CN5CCC4CC5)O3)nc2c1. The molecule has 6 heteroatoms. The molecule has 4 aliphatic heterocycles. The minimum Gasteiger partial charge on any atom is -0.455 e. The summed E-state index contributed by atoms with van der Waals surface area (Å²) in [6, 6.07) is 6.67. The smallest absolute Gasteiger partial charge is 0.291 e. The minimum atomic E-state index is -0.125. The van der Waals surface area contributed by atoms with Gasteiger partial charge in [0.05, 0.1) is 23.8 Å². The number of amidine groups is 1. The molecule has 0 saturated carbocycles. The lowest BCUT2D eigenvalue weighted by Crippen LogP contribution is -2.61. The van der Waals surface area contributed by atoms with Crippen molar-refractivity contribution < 1.29 is 4.74 Å². The molecule has 1 N–H and O–H groups in total. The van der Waals surface area contributed by atoms with Crippen LogP contribution >= 0.6 is 0 Å². The van der Waals surface area contributed by atoms with Gasteiger partial charge in [0.2, 0.25) is 0 Å². The number of ether oxygens (including phenoxy) is 1. The summed E-state index contributed by atoms with van der Waals surface area (Å²) >= 11 is 0. The quantitative estimate of drug-likeness (QED) is 0.872. The van der Waals surface area contributed by atoms with Crippen molar-refractivity contribution in [1.29, 1.82) is 0 Å². The zero-order chi connectivity index (χ0) is 16.1. The summed E-state index contributed by atoms with van der Waals surface area (Å²) in [5.74, 6) is 1.31. The monoisotopic (exact) mass is 323 g/mol. The molecule has 6 nitrogen and oxygen atoms in total. The lowest BCUT2D eigenvalue weighted by Gasteiger charge is -2.50. The van der Waals surface area contributed by atoms with Crippen molar-refractivity contribution in [1.82, 2.24) is 14.9 Å². The Kier molecular flexibility index (Phi) is 3.03. The van der Waals surface area contributed by atoms with Gasteiger partial charge in [-0.2, -0.15) is 0 Å². The van der Waals surface area contributed by atoms with E-state index in [-0.39, 0.29) is 5.60 Å². The second kappa shape index (κ2) is 5.14. The summed E-state index contributed by atoms with van der Waals surface area (Å²) < 4.78 is 6.29. The number of benzene rings is 1. The average Bonchev–Trinajstić information content (AvgIpc) is 2.97. The molecule has 0 radical (unpaired) electrons. The second-order valence-corrected chi connectivity index (χ2v) is 7.21. The first-order valence-corrected chi connectivity index (χ1v) is 8.66. The maximum atomic E-state index is 6.29. The number of fused-ring (bicyclic) bond motifs is 3. The third kappa shape index (κ3) is 2.24. The molecule has 1 atom stereocenters. The van der Waals surface area contributed by atoms with E-state index in [1.807, 2.05) is 18.2 Å². The highest BCUT2D eigenvalue weighted by molar-refractivity contribution is 5.90. The highest BCUT2D eigenvalue weighted by Gasteiger charge is 2.51. The van der Waals surface area contributed by atoms with Gasteiger partial charge in [0, 0.05) is 12.5 Å². The van der Waals surface area contributed by atoms with Crippen LogP contribution in [0.15, 0.2) is 29.4 Å². The third-order valence-electron chi connectivity index (χ3n) is 5.55. The normalized spacial score (nSPS) is 31.3. The molecule has 24 heavy (non-hydrogen) atoms. The van der Waals surface area contributed by atoms with Gasteiger partial charge < -0.3 is 4.74 Å². The van der Waals surface area contributed by atoms with E-state index in [0.717, 1.165) is 24.1 Å². The summed E-state index contributed by atoms with van der Waals surface area (Å²) in [5, 5.41) is 3.22. The van der Waals surface area contributed by atoms with Crippen LogP contribution in [0.25, 0.3) is 11.0 Å². The maximum absolute atomic E-state index is 6.29. The van der Waals surface area contributed by atoms with Gasteiger partial charge in [0.25, 0.3) is 6.02 Å². The largest absolute Gasteiger partial charge is 0.455 e. The van der Waals surface area contributed by atoms with Gasteiger partial charge in [-0.25, -0.2) is 9.98 Å². The molecule has 6 rings (SSSR count). The van der Waals surface area contributed by atoms with E-state index >= 15 is 0 Å². The molecular weight excluding hydrogens is 302 g/mol.